The molecule has 4 heteroatoms. The normalized spacial score (nSPS) is 13.0. The van der Waals surface area contributed by atoms with E-state index < -0.39 is 0 Å². The average molecular weight is 403 g/mol. The highest BCUT2D eigenvalue weighted by atomic mass is 19.1. The van der Waals surface area contributed by atoms with Crippen molar-refractivity contribution in [1.82, 2.24) is 5.32 Å². The predicted octanol–water partition coefficient (Wildman–Crippen LogP) is 5.14. The molecular weight excluding hydrogens is 375 g/mol. The summed E-state index contributed by atoms with van der Waals surface area (Å²) in [5, 5.41) is 2.97. The number of nitrogens with one attached hydrogen (secondary N) is 1. The van der Waals surface area contributed by atoms with Crippen LogP contribution in [-0.4, -0.2) is 19.0 Å². The summed E-state index contributed by atoms with van der Waals surface area (Å²) in [5.41, 5.74) is 5.71. The lowest BCUT2D eigenvalue weighted by Gasteiger charge is -2.31. The monoisotopic (exact) mass is 402 g/mol. The van der Waals surface area contributed by atoms with Crippen molar-refractivity contribution in [3.05, 3.63) is 101 Å². The van der Waals surface area contributed by atoms with Crippen molar-refractivity contribution in [2.45, 2.75) is 32.2 Å². The van der Waals surface area contributed by atoms with E-state index in [0.29, 0.717) is 12.1 Å². The maximum atomic E-state index is 12.9. The Kier molecular flexibility index (Phi) is 6.43. The summed E-state index contributed by atoms with van der Waals surface area (Å²) in [5.74, 6) is -0.274. The van der Waals surface area contributed by atoms with Crippen LogP contribution in [0.4, 0.5) is 10.1 Å². The second kappa shape index (κ2) is 9.57. The second-order valence-corrected chi connectivity index (χ2v) is 7.84. The van der Waals surface area contributed by atoms with Crippen molar-refractivity contribution in [3.63, 3.8) is 0 Å². The van der Waals surface area contributed by atoms with Gasteiger partial charge in [-0.1, -0.05) is 42.5 Å². The summed E-state index contributed by atoms with van der Waals surface area (Å²) < 4.78 is 12.9. The minimum Gasteiger partial charge on any atom is -0.367 e. The van der Waals surface area contributed by atoms with Gasteiger partial charge < -0.3 is 10.2 Å². The summed E-state index contributed by atoms with van der Waals surface area (Å²) in [6.07, 6.45) is 3.96. The molecule has 3 nitrogen and oxygen atoms in total. The van der Waals surface area contributed by atoms with Crippen LogP contribution >= 0.6 is 0 Å². The molecule has 3 aromatic carbocycles. The summed E-state index contributed by atoms with van der Waals surface area (Å²) in [4.78, 5) is 14.8. The molecule has 1 aliphatic heterocycles. The quantitative estimate of drug-likeness (QED) is 0.555. The van der Waals surface area contributed by atoms with E-state index in [0.717, 1.165) is 37.9 Å². The van der Waals surface area contributed by atoms with Crippen LogP contribution in [0, 0.1) is 5.82 Å². The fourth-order valence-electron chi connectivity index (χ4n) is 4.01. The van der Waals surface area contributed by atoms with Crippen LogP contribution in [0.5, 0.6) is 0 Å². The molecule has 0 aromatic heterocycles. The van der Waals surface area contributed by atoms with Crippen LogP contribution in [0.2, 0.25) is 0 Å². The number of carbonyl (C=O) groups is 1. The number of hydrogen-bond donors (Lipinski definition) is 1. The lowest BCUT2D eigenvalue weighted by molar-refractivity contribution is 0.0953. The Morgan fingerprint density at radius 2 is 1.67 bits per heavy atom. The number of benzene rings is 3. The molecule has 0 fully saturated rings. The number of nitrogens with zero attached hydrogens (tertiary/aromatic N) is 1. The van der Waals surface area contributed by atoms with Crippen LogP contribution in [0.25, 0.3) is 0 Å². The van der Waals surface area contributed by atoms with E-state index in [1.165, 1.54) is 35.4 Å². The van der Waals surface area contributed by atoms with E-state index in [1.54, 1.807) is 12.1 Å². The van der Waals surface area contributed by atoms with E-state index in [2.05, 4.69) is 34.5 Å². The van der Waals surface area contributed by atoms with Gasteiger partial charge in [-0.05, 0) is 72.7 Å². The van der Waals surface area contributed by atoms with Crippen molar-refractivity contribution in [3.8, 4) is 0 Å². The van der Waals surface area contributed by atoms with Gasteiger partial charge in [0.2, 0.25) is 0 Å². The molecule has 0 atom stereocenters. The maximum Gasteiger partial charge on any atom is 0.251 e. The Balaban J connectivity index is 1.27. The molecule has 0 saturated carbocycles. The van der Waals surface area contributed by atoms with Crippen LogP contribution in [-0.2, 0) is 19.4 Å². The minimum absolute atomic E-state index is 0.0519. The number of anilines is 1. The number of fused-ring (bicyclic) bond motifs is 1. The number of aryl methyl sites for hydroxylation is 2. The van der Waals surface area contributed by atoms with Crippen molar-refractivity contribution < 1.29 is 9.18 Å². The third-order valence-electron chi connectivity index (χ3n) is 5.64. The lowest BCUT2D eigenvalue weighted by atomic mass is 10.0. The Hall–Kier alpha value is -3.14. The Bertz CT molecular complexity index is 983. The fraction of sp³-hybridized carbons (Fsp3) is 0.269. The maximum absolute atomic E-state index is 12.9. The number of amides is 1. The van der Waals surface area contributed by atoms with E-state index in [-0.39, 0.29) is 11.7 Å². The highest BCUT2D eigenvalue weighted by molar-refractivity contribution is 5.94. The minimum atomic E-state index is -0.222. The SMILES string of the molecule is O=C(NCCCc1ccc(F)cc1)c1ccc(CN2CCCc3ccccc32)cc1. The molecule has 1 N–H and O–H groups in total. The van der Waals surface area contributed by atoms with Gasteiger partial charge in [0, 0.05) is 30.9 Å². The van der Waals surface area contributed by atoms with Gasteiger partial charge >= 0.3 is 0 Å². The van der Waals surface area contributed by atoms with Gasteiger partial charge in [-0.2, -0.15) is 0 Å². The Morgan fingerprint density at radius 3 is 2.47 bits per heavy atom. The molecule has 3 aromatic rings. The molecule has 0 aliphatic carbocycles. The number of para-hydroxylation sites is 1. The zero-order chi connectivity index (χ0) is 20.8. The molecule has 154 valence electrons. The first-order chi connectivity index (χ1) is 14.7. The van der Waals surface area contributed by atoms with E-state index in [9.17, 15) is 9.18 Å². The molecule has 0 saturated heterocycles. The molecule has 1 aliphatic rings. The number of halogens is 1. The van der Waals surface area contributed by atoms with Gasteiger partial charge in [0.15, 0.2) is 0 Å². The Morgan fingerprint density at radius 1 is 0.933 bits per heavy atom. The summed E-state index contributed by atoms with van der Waals surface area (Å²) in [7, 11) is 0. The standard InChI is InChI=1S/C26H27FN2O/c27-24-15-11-20(12-16-24)5-3-17-28-26(30)23-13-9-21(10-14-23)19-29-18-4-7-22-6-1-2-8-25(22)29/h1-2,6,8-16H,3-5,7,17-19H2,(H,28,30). The zero-order valence-electron chi connectivity index (χ0n) is 17.1. The smallest absolute Gasteiger partial charge is 0.251 e. The van der Waals surface area contributed by atoms with Crippen LogP contribution in [0.3, 0.4) is 0 Å². The number of hydrogen-bond acceptors (Lipinski definition) is 2. The molecule has 30 heavy (non-hydrogen) atoms. The fourth-order valence-corrected chi connectivity index (χ4v) is 4.01. The average Bonchev–Trinajstić information content (AvgIpc) is 2.78. The van der Waals surface area contributed by atoms with E-state index in [1.807, 2.05) is 24.3 Å². The molecule has 0 spiro atoms. The lowest BCUT2D eigenvalue weighted by Crippen LogP contribution is -2.28. The molecule has 0 bridgehead atoms. The molecular formula is C26H27FN2O. The van der Waals surface area contributed by atoms with Crippen molar-refractivity contribution in [1.29, 1.82) is 0 Å². The highest BCUT2D eigenvalue weighted by Gasteiger charge is 2.16. The molecule has 0 radical (unpaired) electrons. The Labute approximate surface area is 177 Å². The summed E-state index contributed by atoms with van der Waals surface area (Å²) >= 11 is 0. The zero-order valence-corrected chi connectivity index (χ0v) is 17.1. The van der Waals surface area contributed by atoms with E-state index in [4.69, 9.17) is 0 Å². The highest BCUT2D eigenvalue weighted by Crippen LogP contribution is 2.28. The van der Waals surface area contributed by atoms with Gasteiger partial charge in [-0.15, -0.1) is 0 Å². The summed E-state index contributed by atoms with van der Waals surface area (Å²) in [6, 6.07) is 23.0. The van der Waals surface area contributed by atoms with E-state index >= 15 is 0 Å². The van der Waals surface area contributed by atoms with Crippen molar-refractivity contribution in [2.24, 2.45) is 0 Å². The number of rotatable bonds is 7. The summed E-state index contributed by atoms with van der Waals surface area (Å²) in [6.45, 7) is 2.52. The van der Waals surface area contributed by atoms with Gasteiger partial charge in [0.1, 0.15) is 5.82 Å². The van der Waals surface area contributed by atoms with Crippen molar-refractivity contribution in [2.75, 3.05) is 18.0 Å². The third-order valence-corrected chi connectivity index (χ3v) is 5.64. The van der Waals surface area contributed by atoms with Crippen molar-refractivity contribution >= 4 is 11.6 Å². The van der Waals surface area contributed by atoms with Gasteiger partial charge in [-0.25, -0.2) is 4.39 Å². The topological polar surface area (TPSA) is 32.3 Å². The first kappa shape index (κ1) is 20.1. The molecule has 1 heterocycles. The largest absolute Gasteiger partial charge is 0.367 e. The van der Waals surface area contributed by atoms with Gasteiger partial charge in [-0.3, -0.25) is 4.79 Å². The molecule has 0 unspecified atom stereocenters. The van der Waals surface area contributed by atoms with Gasteiger partial charge in [0.05, 0.1) is 0 Å². The third kappa shape index (κ3) is 5.07. The molecule has 1 amide bonds. The molecule has 4 rings (SSSR count). The second-order valence-electron chi connectivity index (χ2n) is 7.84. The first-order valence-electron chi connectivity index (χ1n) is 10.6. The van der Waals surface area contributed by atoms with Crippen LogP contribution in [0.15, 0.2) is 72.8 Å². The van der Waals surface area contributed by atoms with Crippen LogP contribution < -0.4 is 10.2 Å². The first-order valence-corrected chi connectivity index (χ1v) is 10.6. The van der Waals surface area contributed by atoms with Crippen LogP contribution in [0.1, 0.15) is 39.9 Å². The van der Waals surface area contributed by atoms with Gasteiger partial charge in [0.25, 0.3) is 5.91 Å². The number of carbonyl (C=O) groups excluding carboxylic acids is 1. The predicted molar refractivity (Wildman–Crippen MR) is 119 cm³/mol.